The highest BCUT2D eigenvalue weighted by Gasteiger charge is 2.37. The molecule has 8 heteroatoms. The molecule has 3 aliphatic heterocycles. The van der Waals surface area contributed by atoms with Crippen LogP contribution in [-0.4, -0.2) is 49.6 Å². The predicted octanol–water partition coefficient (Wildman–Crippen LogP) is 3.52. The third kappa shape index (κ3) is 3.47. The van der Waals surface area contributed by atoms with Gasteiger partial charge in [0, 0.05) is 31.5 Å². The number of carbonyl (C=O) groups is 1. The molecule has 0 radical (unpaired) electrons. The lowest BCUT2D eigenvalue weighted by Gasteiger charge is -2.20. The van der Waals surface area contributed by atoms with E-state index in [2.05, 4.69) is 50.8 Å². The normalized spacial score (nSPS) is 20.1. The van der Waals surface area contributed by atoms with Gasteiger partial charge in [0.1, 0.15) is 0 Å². The van der Waals surface area contributed by atoms with Gasteiger partial charge in [-0.15, -0.1) is 5.10 Å². The molecule has 1 aromatic carbocycles. The molecule has 4 heterocycles. The van der Waals surface area contributed by atoms with E-state index in [-0.39, 0.29) is 17.3 Å². The third-order valence-electron chi connectivity index (χ3n) is 5.45. The van der Waals surface area contributed by atoms with Crippen LogP contribution in [0.3, 0.4) is 0 Å². The van der Waals surface area contributed by atoms with Crippen LogP contribution < -0.4 is 0 Å². The van der Waals surface area contributed by atoms with E-state index in [1.807, 2.05) is 18.3 Å². The topological polar surface area (TPSA) is 77.1 Å². The molecule has 1 aromatic heterocycles. The summed E-state index contributed by atoms with van der Waals surface area (Å²) in [6.45, 7) is 4.69. The van der Waals surface area contributed by atoms with Crippen LogP contribution >= 0.6 is 11.8 Å². The van der Waals surface area contributed by atoms with Crippen molar-refractivity contribution in [1.82, 2.24) is 14.5 Å². The molecule has 1 N–H and O–H groups in total. The Morgan fingerprint density at radius 2 is 1.90 bits per heavy atom. The summed E-state index contributed by atoms with van der Waals surface area (Å²) in [4.78, 5) is 19.1. The molecule has 7 nitrogen and oxygen atoms in total. The number of aryl methyl sites for hydroxylation is 1. The van der Waals surface area contributed by atoms with Crippen molar-refractivity contribution in [2.24, 2.45) is 10.1 Å². The smallest absolute Gasteiger partial charge is 0.283 e. The Kier molecular flexibility index (Phi) is 4.78. The lowest BCUT2D eigenvalue weighted by molar-refractivity contribution is -0.114. The van der Waals surface area contributed by atoms with E-state index < -0.39 is 0 Å². The number of thioether (sulfide) groups is 1. The number of amidine groups is 3. The van der Waals surface area contributed by atoms with Crippen LogP contribution in [0, 0.1) is 12.3 Å². The average molecular weight is 419 g/mol. The number of hydrazone groups is 1. The van der Waals surface area contributed by atoms with Crippen LogP contribution in [0.1, 0.15) is 29.7 Å². The van der Waals surface area contributed by atoms with E-state index in [0.29, 0.717) is 11.7 Å². The SMILES string of the molecule is Cc1ccc(Cn2cccc2/C=C2\C(=N)N3N=C(N4CCCC4)SC3=NC2=O)cc1. The molecule has 0 spiro atoms. The quantitative estimate of drug-likeness (QED) is 0.774. The molecule has 30 heavy (non-hydrogen) atoms. The second kappa shape index (κ2) is 7.60. The first-order chi connectivity index (χ1) is 14.6. The lowest BCUT2D eigenvalue weighted by atomic mass is 10.1. The molecule has 1 amide bonds. The van der Waals surface area contributed by atoms with E-state index >= 15 is 0 Å². The van der Waals surface area contributed by atoms with Crippen LogP contribution in [-0.2, 0) is 11.3 Å². The second-order valence-electron chi connectivity index (χ2n) is 7.64. The van der Waals surface area contributed by atoms with Crippen LogP contribution in [0.4, 0.5) is 0 Å². The zero-order chi connectivity index (χ0) is 20.7. The summed E-state index contributed by atoms with van der Waals surface area (Å²) >= 11 is 1.37. The van der Waals surface area contributed by atoms with Gasteiger partial charge >= 0.3 is 0 Å². The van der Waals surface area contributed by atoms with Crippen molar-refractivity contribution < 1.29 is 4.79 Å². The van der Waals surface area contributed by atoms with Crippen LogP contribution in [0.15, 0.2) is 58.3 Å². The van der Waals surface area contributed by atoms with Crippen molar-refractivity contribution in [1.29, 1.82) is 5.41 Å². The van der Waals surface area contributed by atoms with Gasteiger partial charge in [0.25, 0.3) is 5.91 Å². The predicted molar refractivity (Wildman–Crippen MR) is 121 cm³/mol. The van der Waals surface area contributed by atoms with Crippen molar-refractivity contribution in [3.05, 3.63) is 65.0 Å². The maximum atomic E-state index is 12.7. The fraction of sp³-hybridized carbons (Fsp3) is 0.273. The van der Waals surface area contributed by atoms with Gasteiger partial charge in [0.05, 0.1) is 5.57 Å². The number of nitrogens with zero attached hydrogens (tertiary/aromatic N) is 5. The molecule has 2 aromatic rings. The molecule has 152 valence electrons. The van der Waals surface area contributed by atoms with E-state index in [1.165, 1.54) is 27.9 Å². The number of hydrogen-bond donors (Lipinski definition) is 1. The zero-order valence-electron chi connectivity index (χ0n) is 16.7. The molecular weight excluding hydrogens is 396 g/mol. The highest BCUT2D eigenvalue weighted by Crippen LogP contribution is 2.30. The second-order valence-corrected chi connectivity index (χ2v) is 8.58. The van der Waals surface area contributed by atoms with E-state index in [9.17, 15) is 4.79 Å². The minimum Gasteiger partial charge on any atom is -0.349 e. The van der Waals surface area contributed by atoms with Crippen molar-refractivity contribution in [2.45, 2.75) is 26.3 Å². The Hall–Kier alpha value is -3.13. The largest absolute Gasteiger partial charge is 0.349 e. The Bertz CT molecular complexity index is 1100. The highest BCUT2D eigenvalue weighted by molar-refractivity contribution is 8.26. The molecule has 3 aliphatic rings. The monoisotopic (exact) mass is 418 g/mol. The third-order valence-corrected chi connectivity index (χ3v) is 6.42. The number of aliphatic imine (C=N–C) groups is 1. The summed E-state index contributed by atoms with van der Waals surface area (Å²) in [6, 6.07) is 12.3. The van der Waals surface area contributed by atoms with E-state index in [0.717, 1.165) is 36.8 Å². The van der Waals surface area contributed by atoms with Gasteiger partial charge in [0.15, 0.2) is 11.0 Å². The van der Waals surface area contributed by atoms with Crippen molar-refractivity contribution in [3.63, 3.8) is 0 Å². The van der Waals surface area contributed by atoms with Crippen molar-refractivity contribution in [3.8, 4) is 0 Å². The number of nitrogens with one attached hydrogen (secondary N) is 1. The number of rotatable bonds is 3. The van der Waals surface area contributed by atoms with Gasteiger partial charge in [-0.05, 0) is 55.3 Å². The van der Waals surface area contributed by atoms with Crippen LogP contribution in [0.2, 0.25) is 0 Å². The number of benzene rings is 1. The molecule has 0 atom stereocenters. The first-order valence-electron chi connectivity index (χ1n) is 10.0. The number of carbonyl (C=O) groups excluding carboxylic acids is 1. The Morgan fingerprint density at radius 3 is 2.67 bits per heavy atom. The number of aromatic nitrogens is 1. The Balaban J connectivity index is 1.41. The first kappa shape index (κ1) is 18.9. The van der Waals surface area contributed by atoms with Gasteiger partial charge in [-0.2, -0.15) is 10.0 Å². The zero-order valence-corrected chi connectivity index (χ0v) is 17.5. The lowest BCUT2D eigenvalue weighted by Crippen LogP contribution is -2.35. The summed E-state index contributed by atoms with van der Waals surface area (Å²) in [5.74, 6) is -0.311. The maximum Gasteiger partial charge on any atom is 0.283 e. The Labute approximate surface area is 179 Å². The van der Waals surface area contributed by atoms with E-state index in [1.54, 1.807) is 6.08 Å². The fourth-order valence-corrected chi connectivity index (χ4v) is 4.70. The van der Waals surface area contributed by atoms with Gasteiger partial charge in [-0.3, -0.25) is 10.2 Å². The molecule has 0 unspecified atom stereocenters. The minimum absolute atomic E-state index is 0.0785. The standard InChI is InChI=1S/C22H22N6OS/c1-15-6-8-16(9-7-15)14-27-12-4-5-17(27)13-18-19(23)28-21(24-20(18)29)30-22(25-28)26-10-2-3-11-26/h4-9,12-13,23H,2-3,10-11,14H2,1H3/b18-13+,23-19?. The highest BCUT2D eigenvalue weighted by atomic mass is 32.2. The summed E-state index contributed by atoms with van der Waals surface area (Å²) in [5, 5.41) is 15.9. The summed E-state index contributed by atoms with van der Waals surface area (Å²) in [5.41, 5.74) is 3.52. The van der Waals surface area contributed by atoms with Gasteiger partial charge in [-0.25, -0.2) is 0 Å². The molecule has 1 saturated heterocycles. The minimum atomic E-state index is -0.389. The molecular formula is C22H22N6OS. The number of likely N-dealkylation sites (tertiary alicyclic amines) is 1. The molecule has 1 fully saturated rings. The summed E-state index contributed by atoms with van der Waals surface area (Å²) in [7, 11) is 0. The van der Waals surface area contributed by atoms with Crippen LogP contribution in [0.25, 0.3) is 6.08 Å². The molecule has 0 bridgehead atoms. The average Bonchev–Trinajstić information content (AvgIpc) is 3.48. The maximum absolute atomic E-state index is 12.7. The molecule has 0 aliphatic carbocycles. The van der Waals surface area contributed by atoms with Gasteiger partial charge in [0.2, 0.25) is 5.17 Å². The van der Waals surface area contributed by atoms with Gasteiger partial charge < -0.3 is 9.47 Å². The molecule has 5 rings (SSSR count). The Morgan fingerprint density at radius 1 is 1.13 bits per heavy atom. The fourth-order valence-electron chi connectivity index (χ4n) is 3.76. The molecule has 0 saturated carbocycles. The van der Waals surface area contributed by atoms with Crippen molar-refractivity contribution in [2.75, 3.05) is 13.1 Å². The van der Waals surface area contributed by atoms with Crippen molar-refractivity contribution >= 4 is 39.9 Å². The number of amides is 1. The number of fused-ring (bicyclic) bond motifs is 1. The summed E-state index contributed by atoms with van der Waals surface area (Å²) in [6.07, 6.45) is 6.01. The van der Waals surface area contributed by atoms with Crippen LogP contribution in [0.5, 0.6) is 0 Å². The summed E-state index contributed by atoms with van der Waals surface area (Å²) < 4.78 is 2.06. The first-order valence-corrected chi connectivity index (χ1v) is 10.9. The van der Waals surface area contributed by atoms with Gasteiger partial charge in [-0.1, -0.05) is 29.8 Å². The van der Waals surface area contributed by atoms with E-state index in [4.69, 9.17) is 5.41 Å². The number of hydrogen-bond acceptors (Lipinski definition) is 5.